The molecule has 2 heterocycles. The second-order valence-corrected chi connectivity index (χ2v) is 9.45. The first-order chi connectivity index (χ1) is 15.6. The highest BCUT2D eigenvalue weighted by atomic mass is 16.2. The smallest absolute Gasteiger partial charge is 0.226 e. The average molecular weight is 435 g/mol. The van der Waals surface area contributed by atoms with Gasteiger partial charge in [-0.1, -0.05) is 55.5 Å². The fraction of sp³-hybridized carbons (Fsp3) is 0.519. The van der Waals surface area contributed by atoms with Crippen molar-refractivity contribution >= 4 is 11.6 Å². The van der Waals surface area contributed by atoms with Gasteiger partial charge in [0.1, 0.15) is 0 Å². The molecule has 0 aliphatic carbocycles. The molecule has 0 N–H and O–H groups in total. The van der Waals surface area contributed by atoms with Crippen LogP contribution < -0.4 is 4.90 Å². The zero-order valence-electron chi connectivity index (χ0n) is 19.7. The molecule has 0 radical (unpaired) electrons. The van der Waals surface area contributed by atoms with Crippen LogP contribution in [0.3, 0.4) is 0 Å². The Morgan fingerprint density at radius 1 is 0.875 bits per heavy atom. The minimum Gasteiger partial charge on any atom is -0.311 e. The van der Waals surface area contributed by atoms with Crippen LogP contribution in [-0.4, -0.2) is 79.0 Å². The van der Waals surface area contributed by atoms with Gasteiger partial charge in [-0.2, -0.15) is 0 Å². The number of piperazine rings is 1. The summed E-state index contributed by atoms with van der Waals surface area (Å²) in [7, 11) is 2.22. The fourth-order valence-electron chi connectivity index (χ4n) is 5.25. The van der Waals surface area contributed by atoms with Gasteiger partial charge in [0.05, 0.1) is 0 Å². The first-order valence-corrected chi connectivity index (χ1v) is 12.1. The molecule has 0 spiro atoms. The molecule has 0 bridgehead atoms. The lowest BCUT2D eigenvalue weighted by atomic mass is 9.84. The number of rotatable bonds is 7. The van der Waals surface area contributed by atoms with Crippen LogP contribution in [0.15, 0.2) is 60.7 Å². The number of hydrogen-bond donors (Lipinski definition) is 0. The number of carbonyl (C=O) groups excluding carboxylic acids is 1. The first kappa shape index (κ1) is 23.0. The largest absolute Gasteiger partial charge is 0.311 e. The monoisotopic (exact) mass is 434 g/mol. The highest BCUT2D eigenvalue weighted by molar-refractivity contribution is 5.93. The van der Waals surface area contributed by atoms with Gasteiger partial charge >= 0.3 is 0 Å². The minimum absolute atomic E-state index is 0.0476. The van der Waals surface area contributed by atoms with Crippen LogP contribution in [0.5, 0.6) is 0 Å². The summed E-state index contributed by atoms with van der Waals surface area (Å²) in [4.78, 5) is 22.8. The zero-order valence-corrected chi connectivity index (χ0v) is 19.7. The van der Waals surface area contributed by atoms with Crippen LogP contribution in [0.2, 0.25) is 0 Å². The van der Waals surface area contributed by atoms with Gasteiger partial charge in [0, 0.05) is 56.9 Å². The number of hydrogen-bond acceptors (Lipinski definition) is 4. The fourth-order valence-corrected chi connectivity index (χ4v) is 5.25. The third kappa shape index (κ3) is 5.40. The number of anilines is 1. The molecule has 2 saturated heterocycles. The van der Waals surface area contributed by atoms with Crippen LogP contribution in [0.1, 0.15) is 31.7 Å². The molecular formula is C27H38N4O. The zero-order chi connectivity index (χ0) is 22.4. The van der Waals surface area contributed by atoms with Crippen molar-refractivity contribution in [2.75, 3.05) is 57.8 Å². The van der Waals surface area contributed by atoms with Crippen molar-refractivity contribution in [1.29, 1.82) is 0 Å². The average Bonchev–Trinajstić information content (AvgIpc) is 2.85. The topological polar surface area (TPSA) is 30.0 Å². The van der Waals surface area contributed by atoms with E-state index in [0.29, 0.717) is 6.42 Å². The Balaban J connectivity index is 1.50. The van der Waals surface area contributed by atoms with E-state index < -0.39 is 0 Å². The van der Waals surface area contributed by atoms with E-state index in [-0.39, 0.29) is 11.4 Å². The normalized spacial score (nSPS) is 20.2. The molecule has 0 unspecified atom stereocenters. The summed E-state index contributed by atoms with van der Waals surface area (Å²) in [5, 5.41) is 0. The van der Waals surface area contributed by atoms with Gasteiger partial charge in [0.2, 0.25) is 5.91 Å². The van der Waals surface area contributed by atoms with E-state index in [9.17, 15) is 4.79 Å². The molecule has 1 amide bonds. The molecule has 2 aliphatic heterocycles. The summed E-state index contributed by atoms with van der Waals surface area (Å²) in [5.74, 6) is 0.220. The molecule has 2 fully saturated rings. The Hall–Kier alpha value is -2.21. The molecular weight excluding hydrogens is 396 g/mol. The molecule has 2 aromatic rings. The molecule has 5 nitrogen and oxygen atoms in total. The van der Waals surface area contributed by atoms with Crippen LogP contribution in [-0.2, 0) is 11.3 Å². The van der Waals surface area contributed by atoms with Gasteiger partial charge in [0.25, 0.3) is 0 Å². The molecule has 0 aromatic heterocycles. The summed E-state index contributed by atoms with van der Waals surface area (Å²) >= 11 is 0. The van der Waals surface area contributed by atoms with Crippen LogP contribution in [0.25, 0.3) is 0 Å². The lowest BCUT2D eigenvalue weighted by Crippen LogP contribution is -2.64. The van der Waals surface area contributed by atoms with E-state index in [2.05, 4.69) is 69.1 Å². The Labute approximate surface area is 193 Å². The Morgan fingerprint density at radius 3 is 2.06 bits per heavy atom. The maximum absolute atomic E-state index is 13.0. The van der Waals surface area contributed by atoms with E-state index in [1.165, 1.54) is 5.56 Å². The Morgan fingerprint density at radius 2 is 1.47 bits per heavy atom. The SMILES string of the molecule is CCC(=O)N(CC1(N2CCN(Cc3ccccc3)CC2)CCN(C)CC1)c1ccccc1. The molecule has 32 heavy (non-hydrogen) atoms. The molecule has 0 saturated carbocycles. The lowest BCUT2D eigenvalue weighted by molar-refractivity contribution is -0.119. The first-order valence-electron chi connectivity index (χ1n) is 12.1. The number of amides is 1. The molecule has 5 heteroatoms. The second kappa shape index (κ2) is 10.6. The number of benzene rings is 2. The maximum atomic E-state index is 13.0. The van der Waals surface area contributed by atoms with Crippen LogP contribution >= 0.6 is 0 Å². The molecule has 172 valence electrons. The van der Waals surface area contributed by atoms with Crippen molar-refractivity contribution in [3.05, 3.63) is 66.2 Å². The predicted molar refractivity (Wildman–Crippen MR) is 132 cm³/mol. The number of piperidine rings is 1. The molecule has 2 aromatic carbocycles. The Bertz CT molecular complexity index is 840. The van der Waals surface area contributed by atoms with Gasteiger partial charge in [-0.05, 0) is 50.7 Å². The van der Waals surface area contributed by atoms with E-state index in [0.717, 1.165) is 70.9 Å². The Kier molecular flexibility index (Phi) is 7.61. The molecule has 0 atom stereocenters. The summed E-state index contributed by atoms with van der Waals surface area (Å²) in [6.07, 6.45) is 2.76. The summed E-state index contributed by atoms with van der Waals surface area (Å²) < 4.78 is 0. The third-order valence-corrected chi connectivity index (χ3v) is 7.33. The van der Waals surface area contributed by atoms with Crippen molar-refractivity contribution in [3.63, 3.8) is 0 Å². The van der Waals surface area contributed by atoms with Crippen LogP contribution in [0.4, 0.5) is 5.69 Å². The third-order valence-electron chi connectivity index (χ3n) is 7.33. The van der Waals surface area contributed by atoms with Gasteiger partial charge in [-0.3, -0.25) is 14.6 Å². The molecule has 4 rings (SSSR count). The van der Waals surface area contributed by atoms with Crippen molar-refractivity contribution in [3.8, 4) is 0 Å². The van der Waals surface area contributed by atoms with Crippen molar-refractivity contribution in [2.45, 2.75) is 38.3 Å². The van der Waals surface area contributed by atoms with Crippen molar-refractivity contribution < 1.29 is 4.79 Å². The number of likely N-dealkylation sites (tertiary alicyclic amines) is 1. The van der Waals surface area contributed by atoms with Gasteiger partial charge in [-0.25, -0.2) is 0 Å². The molecule has 2 aliphatic rings. The number of carbonyl (C=O) groups is 1. The maximum Gasteiger partial charge on any atom is 0.226 e. The van der Waals surface area contributed by atoms with E-state index in [1.807, 2.05) is 25.1 Å². The van der Waals surface area contributed by atoms with E-state index >= 15 is 0 Å². The minimum atomic E-state index is 0.0476. The van der Waals surface area contributed by atoms with Crippen molar-refractivity contribution in [2.24, 2.45) is 0 Å². The number of nitrogens with zero attached hydrogens (tertiary/aromatic N) is 4. The predicted octanol–water partition coefficient (Wildman–Crippen LogP) is 3.71. The van der Waals surface area contributed by atoms with E-state index in [4.69, 9.17) is 0 Å². The van der Waals surface area contributed by atoms with Gasteiger partial charge in [0.15, 0.2) is 0 Å². The highest BCUT2D eigenvalue weighted by Gasteiger charge is 2.42. The number of para-hydroxylation sites is 1. The van der Waals surface area contributed by atoms with E-state index in [1.54, 1.807) is 0 Å². The summed E-state index contributed by atoms with van der Waals surface area (Å²) in [5.41, 5.74) is 2.46. The lowest BCUT2D eigenvalue weighted by Gasteiger charge is -2.52. The summed E-state index contributed by atoms with van der Waals surface area (Å²) in [6.45, 7) is 10.3. The quantitative estimate of drug-likeness (QED) is 0.665. The van der Waals surface area contributed by atoms with Crippen LogP contribution in [0, 0.1) is 0 Å². The summed E-state index contributed by atoms with van der Waals surface area (Å²) in [6, 6.07) is 21.0. The highest BCUT2D eigenvalue weighted by Crippen LogP contribution is 2.33. The van der Waals surface area contributed by atoms with Gasteiger partial charge < -0.3 is 9.80 Å². The second-order valence-electron chi connectivity index (χ2n) is 9.45. The van der Waals surface area contributed by atoms with Crippen molar-refractivity contribution in [1.82, 2.24) is 14.7 Å². The standard InChI is InChI=1S/C27H38N4O/c1-3-26(32)31(25-12-8-5-9-13-25)23-27(14-16-28(2)17-15-27)30-20-18-29(19-21-30)22-24-10-6-4-7-11-24/h4-13H,3,14-23H2,1-2H3. The van der Waals surface area contributed by atoms with Gasteiger partial charge in [-0.15, -0.1) is 0 Å².